The summed E-state index contributed by atoms with van der Waals surface area (Å²) in [6.45, 7) is 0. The number of esters is 2. The highest BCUT2D eigenvalue weighted by atomic mass is 16.5. The monoisotopic (exact) mass is 488 g/mol. The molecule has 0 radical (unpaired) electrons. The highest BCUT2D eigenvalue weighted by Crippen LogP contribution is 2.16. The van der Waals surface area contributed by atoms with Crippen LogP contribution in [0.5, 0.6) is 0 Å². The van der Waals surface area contributed by atoms with E-state index in [1.54, 1.807) is 75.0 Å². The Kier molecular flexibility index (Phi) is 8.24. The second-order valence-electron chi connectivity index (χ2n) is 7.53. The van der Waals surface area contributed by atoms with E-state index < -0.39 is 11.9 Å². The summed E-state index contributed by atoms with van der Waals surface area (Å²) in [5.74, 6) is -0.999. The first-order valence-electron chi connectivity index (χ1n) is 10.7. The molecular formula is C26H24N4O6. The largest absolute Gasteiger partial charge is 0.464 e. The lowest BCUT2D eigenvalue weighted by atomic mass is 10.1. The van der Waals surface area contributed by atoms with E-state index in [2.05, 4.69) is 19.4 Å². The lowest BCUT2D eigenvalue weighted by Crippen LogP contribution is -2.14. The molecule has 0 fully saturated rings. The Balaban J connectivity index is 0.000000201. The molecule has 0 saturated carbocycles. The number of rotatable bonds is 4. The van der Waals surface area contributed by atoms with Gasteiger partial charge in [-0.3, -0.25) is 9.59 Å². The van der Waals surface area contributed by atoms with Crippen LogP contribution < -0.4 is 11.1 Å². The topological polar surface area (TPSA) is 122 Å². The molecule has 0 bridgehead atoms. The molecule has 4 rings (SSSR count). The molecule has 4 heterocycles. The van der Waals surface area contributed by atoms with E-state index in [1.165, 1.54) is 35.5 Å². The van der Waals surface area contributed by atoms with Gasteiger partial charge in [-0.1, -0.05) is 12.1 Å². The van der Waals surface area contributed by atoms with E-state index in [4.69, 9.17) is 0 Å². The van der Waals surface area contributed by atoms with Crippen molar-refractivity contribution in [1.82, 2.24) is 19.1 Å². The number of methoxy groups -OCH3 is 2. The number of carbonyl (C=O) groups is 2. The molecule has 0 atom stereocenters. The Morgan fingerprint density at radius 3 is 1.39 bits per heavy atom. The third kappa shape index (κ3) is 6.17. The first-order valence-corrected chi connectivity index (χ1v) is 10.7. The van der Waals surface area contributed by atoms with Crippen molar-refractivity contribution in [3.8, 4) is 22.5 Å². The van der Waals surface area contributed by atoms with Crippen molar-refractivity contribution in [2.75, 3.05) is 14.2 Å². The van der Waals surface area contributed by atoms with Crippen molar-refractivity contribution in [1.29, 1.82) is 0 Å². The van der Waals surface area contributed by atoms with Gasteiger partial charge in [-0.05, 0) is 36.4 Å². The van der Waals surface area contributed by atoms with E-state index in [-0.39, 0.29) is 22.5 Å². The minimum absolute atomic E-state index is 0.127. The van der Waals surface area contributed by atoms with Gasteiger partial charge >= 0.3 is 11.9 Å². The summed E-state index contributed by atoms with van der Waals surface area (Å²) in [7, 11) is 5.94. The zero-order valence-electron chi connectivity index (χ0n) is 20.2. The molecule has 0 N–H and O–H groups in total. The average molecular weight is 489 g/mol. The van der Waals surface area contributed by atoms with Gasteiger partial charge in [0.2, 0.25) is 0 Å². The summed E-state index contributed by atoms with van der Waals surface area (Å²) < 4.78 is 12.1. The number of aryl methyl sites for hydroxylation is 2. The summed E-state index contributed by atoms with van der Waals surface area (Å²) in [6.07, 6.45) is 3.31. The van der Waals surface area contributed by atoms with Crippen LogP contribution in [0.2, 0.25) is 0 Å². The molecule has 4 aromatic rings. The molecule has 0 aromatic carbocycles. The SMILES string of the molecule is COC(=O)c1cccc(-c2ccn(C)c(=O)c2)n1.COC(=O)c1cccc(-c2ccn(C)c(=O)c2)n1. The van der Waals surface area contributed by atoms with Crippen LogP contribution in [-0.2, 0) is 23.6 Å². The van der Waals surface area contributed by atoms with Crippen LogP contribution in [-0.4, -0.2) is 45.3 Å². The highest BCUT2D eigenvalue weighted by molar-refractivity contribution is 5.88. The van der Waals surface area contributed by atoms with E-state index in [1.807, 2.05) is 0 Å². The van der Waals surface area contributed by atoms with Crippen LogP contribution in [0.25, 0.3) is 22.5 Å². The van der Waals surface area contributed by atoms with Gasteiger partial charge in [0.15, 0.2) is 0 Å². The molecule has 4 aromatic heterocycles. The molecule has 0 unspecified atom stereocenters. The van der Waals surface area contributed by atoms with Crippen molar-refractivity contribution >= 4 is 11.9 Å². The molecule has 10 heteroatoms. The van der Waals surface area contributed by atoms with Crippen LogP contribution in [0.3, 0.4) is 0 Å². The molecule has 0 spiro atoms. The van der Waals surface area contributed by atoms with Crippen LogP contribution >= 0.6 is 0 Å². The molecular weight excluding hydrogens is 464 g/mol. The van der Waals surface area contributed by atoms with E-state index >= 15 is 0 Å². The van der Waals surface area contributed by atoms with Crippen molar-refractivity contribution in [3.63, 3.8) is 0 Å². The van der Waals surface area contributed by atoms with Gasteiger partial charge in [-0.25, -0.2) is 19.6 Å². The van der Waals surface area contributed by atoms with Crippen molar-refractivity contribution in [2.45, 2.75) is 0 Å². The molecule has 0 amide bonds. The normalized spacial score (nSPS) is 10.1. The summed E-state index contributed by atoms with van der Waals surface area (Å²) in [4.78, 5) is 54.1. The number of hydrogen-bond acceptors (Lipinski definition) is 8. The molecule has 184 valence electrons. The second-order valence-corrected chi connectivity index (χ2v) is 7.53. The van der Waals surface area contributed by atoms with Gasteiger partial charge in [0.1, 0.15) is 11.4 Å². The van der Waals surface area contributed by atoms with Gasteiger partial charge < -0.3 is 18.6 Å². The third-order valence-electron chi connectivity index (χ3n) is 5.09. The van der Waals surface area contributed by atoms with Crippen LogP contribution in [0.1, 0.15) is 21.0 Å². The maximum Gasteiger partial charge on any atom is 0.356 e. The van der Waals surface area contributed by atoms with E-state index in [0.29, 0.717) is 22.5 Å². The standard InChI is InChI=1S/2C13H12N2O3/c2*1-15-7-6-9(8-12(15)16)10-4-3-5-11(14-10)13(17)18-2/h2*3-8H,1-2H3. The Bertz CT molecular complexity index is 1410. The molecule has 0 aliphatic rings. The Morgan fingerprint density at radius 2 is 1.06 bits per heavy atom. The predicted octanol–water partition coefficient (Wildman–Crippen LogP) is 2.47. The van der Waals surface area contributed by atoms with Crippen molar-refractivity contribution < 1.29 is 19.1 Å². The van der Waals surface area contributed by atoms with E-state index in [0.717, 1.165) is 0 Å². The first kappa shape index (κ1) is 25.8. The summed E-state index contributed by atoms with van der Waals surface area (Å²) in [5.41, 5.74) is 2.65. The third-order valence-corrected chi connectivity index (χ3v) is 5.09. The first-order chi connectivity index (χ1) is 17.2. The van der Waals surface area contributed by atoms with E-state index in [9.17, 15) is 19.2 Å². The van der Waals surface area contributed by atoms with Gasteiger partial charge in [0, 0.05) is 49.7 Å². The number of carbonyl (C=O) groups excluding carboxylic acids is 2. The molecule has 36 heavy (non-hydrogen) atoms. The second kappa shape index (κ2) is 11.5. The van der Waals surface area contributed by atoms with Gasteiger partial charge in [-0.15, -0.1) is 0 Å². The fourth-order valence-electron chi connectivity index (χ4n) is 3.04. The quantitative estimate of drug-likeness (QED) is 0.402. The maximum absolute atomic E-state index is 11.5. The Labute approximate surface area is 206 Å². The molecule has 0 aliphatic heterocycles. The van der Waals surface area contributed by atoms with Crippen molar-refractivity contribution in [2.24, 2.45) is 14.1 Å². The summed E-state index contributed by atoms with van der Waals surface area (Å²) in [6, 6.07) is 16.5. The fourth-order valence-corrected chi connectivity index (χ4v) is 3.04. The molecule has 0 saturated heterocycles. The molecule has 10 nitrogen and oxygen atoms in total. The zero-order chi connectivity index (χ0) is 26.2. The number of pyridine rings is 4. The average Bonchev–Trinajstić information content (AvgIpc) is 2.91. The fraction of sp³-hybridized carbons (Fsp3) is 0.154. The number of nitrogens with zero attached hydrogens (tertiary/aromatic N) is 4. The summed E-state index contributed by atoms with van der Waals surface area (Å²) in [5, 5.41) is 0. The van der Waals surface area contributed by atoms with Crippen LogP contribution in [0.15, 0.2) is 82.6 Å². The zero-order valence-corrected chi connectivity index (χ0v) is 20.2. The van der Waals surface area contributed by atoms with Gasteiger partial charge in [0.05, 0.1) is 25.6 Å². The van der Waals surface area contributed by atoms with Gasteiger partial charge in [-0.2, -0.15) is 0 Å². The predicted molar refractivity (Wildman–Crippen MR) is 133 cm³/mol. The Hall–Kier alpha value is -4.86. The lowest BCUT2D eigenvalue weighted by Gasteiger charge is -2.04. The van der Waals surface area contributed by atoms with Crippen molar-refractivity contribution in [3.05, 3.63) is 105 Å². The highest BCUT2D eigenvalue weighted by Gasteiger charge is 2.10. The maximum atomic E-state index is 11.5. The van der Waals surface area contributed by atoms with Gasteiger partial charge in [0.25, 0.3) is 11.1 Å². The Morgan fingerprint density at radius 1 is 0.667 bits per heavy atom. The molecule has 0 aliphatic carbocycles. The number of hydrogen-bond donors (Lipinski definition) is 0. The number of ether oxygens (including phenoxy) is 2. The smallest absolute Gasteiger partial charge is 0.356 e. The lowest BCUT2D eigenvalue weighted by molar-refractivity contribution is 0.0585. The summed E-state index contributed by atoms with van der Waals surface area (Å²) >= 11 is 0. The number of aromatic nitrogens is 4. The minimum atomic E-state index is -0.499. The van der Waals surface area contributed by atoms with Crippen LogP contribution in [0.4, 0.5) is 0 Å². The minimum Gasteiger partial charge on any atom is -0.464 e. The van der Waals surface area contributed by atoms with Crippen LogP contribution in [0, 0.1) is 0 Å².